The number of benzene rings is 1. The highest BCUT2D eigenvalue weighted by Crippen LogP contribution is 2.40. The van der Waals surface area contributed by atoms with Crippen LogP contribution in [0.5, 0.6) is 0 Å². The SMILES string of the molecule is N#Cc1nc(-c2c(CO)nn(-c3c(Cl)cc(C(F)(F)F)cc3Cl)c2Cl)[nH]c1C#N. The number of aromatic amines is 1. The van der Waals surface area contributed by atoms with E-state index in [9.17, 15) is 18.3 Å². The Morgan fingerprint density at radius 1 is 1.14 bits per heavy atom. The summed E-state index contributed by atoms with van der Waals surface area (Å²) in [7, 11) is 0. The molecule has 7 nitrogen and oxygen atoms in total. The molecule has 2 heterocycles. The van der Waals surface area contributed by atoms with Gasteiger partial charge in [0.25, 0.3) is 0 Å². The number of aliphatic hydroxyl groups is 1. The highest BCUT2D eigenvalue weighted by molar-refractivity contribution is 6.38. The van der Waals surface area contributed by atoms with Crippen LogP contribution in [0.25, 0.3) is 17.1 Å². The summed E-state index contributed by atoms with van der Waals surface area (Å²) in [5.41, 5.74) is -1.57. The van der Waals surface area contributed by atoms with Crippen molar-refractivity contribution >= 4 is 34.8 Å². The molecule has 0 saturated heterocycles. The van der Waals surface area contributed by atoms with Crippen LogP contribution in [0, 0.1) is 22.7 Å². The summed E-state index contributed by atoms with van der Waals surface area (Å²) in [5.74, 6) is -0.0439. The van der Waals surface area contributed by atoms with Gasteiger partial charge in [0.2, 0.25) is 0 Å². The summed E-state index contributed by atoms with van der Waals surface area (Å²) in [6.45, 7) is -0.637. The second-order valence-electron chi connectivity index (χ2n) is 5.50. The zero-order chi connectivity index (χ0) is 21.5. The Bertz CT molecular complexity index is 1150. The molecule has 0 aliphatic heterocycles. The van der Waals surface area contributed by atoms with Crippen LogP contribution in [0.1, 0.15) is 22.6 Å². The fourth-order valence-corrected chi connectivity index (χ4v) is 3.49. The molecule has 13 heteroatoms. The monoisotopic (exact) mass is 460 g/mol. The summed E-state index contributed by atoms with van der Waals surface area (Å²) in [4.78, 5) is 6.51. The largest absolute Gasteiger partial charge is 0.416 e. The van der Waals surface area contributed by atoms with Crippen LogP contribution in [0.15, 0.2) is 12.1 Å². The van der Waals surface area contributed by atoms with Crippen LogP contribution in [-0.4, -0.2) is 24.9 Å². The molecule has 148 valence electrons. The molecule has 3 rings (SSSR count). The van der Waals surface area contributed by atoms with Crippen molar-refractivity contribution in [3.8, 4) is 29.2 Å². The summed E-state index contributed by atoms with van der Waals surface area (Å²) >= 11 is 18.3. The Balaban J connectivity index is 2.24. The van der Waals surface area contributed by atoms with Gasteiger partial charge in [-0.2, -0.15) is 28.8 Å². The Morgan fingerprint density at radius 3 is 2.21 bits per heavy atom. The lowest BCUT2D eigenvalue weighted by Crippen LogP contribution is -2.07. The van der Waals surface area contributed by atoms with Gasteiger partial charge in [0, 0.05) is 0 Å². The maximum Gasteiger partial charge on any atom is 0.416 e. The van der Waals surface area contributed by atoms with E-state index in [2.05, 4.69) is 15.1 Å². The number of aliphatic hydroxyl groups excluding tert-OH is 1. The molecule has 1 aromatic carbocycles. The number of aromatic nitrogens is 4. The number of nitriles is 2. The molecule has 0 saturated carbocycles. The second-order valence-corrected chi connectivity index (χ2v) is 6.67. The number of nitrogens with zero attached hydrogens (tertiary/aromatic N) is 5. The van der Waals surface area contributed by atoms with Crippen LogP contribution in [0.3, 0.4) is 0 Å². The molecule has 3 aromatic rings. The molecule has 0 spiro atoms. The highest BCUT2D eigenvalue weighted by Gasteiger charge is 2.33. The predicted molar refractivity (Wildman–Crippen MR) is 96.5 cm³/mol. The average molecular weight is 462 g/mol. The topological polar surface area (TPSA) is 114 Å². The van der Waals surface area contributed by atoms with E-state index in [4.69, 9.17) is 45.3 Å². The zero-order valence-corrected chi connectivity index (χ0v) is 16.1. The molecule has 0 aliphatic carbocycles. The third-order valence-corrected chi connectivity index (χ3v) is 4.69. The summed E-state index contributed by atoms with van der Waals surface area (Å²) in [6.07, 6.45) is -4.67. The Morgan fingerprint density at radius 2 is 1.76 bits per heavy atom. The summed E-state index contributed by atoms with van der Waals surface area (Å²) in [6, 6.07) is 4.79. The van der Waals surface area contributed by atoms with Crippen molar-refractivity contribution in [2.75, 3.05) is 0 Å². The van der Waals surface area contributed by atoms with Gasteiger partial charge in [-0.25, -0.2) is 9.67 Å². The van der Waals surface area contributed by atoms with E-state index in [1.165, 1.54) is 0 Å². The lowest BCUT2D eigenvalue weighted by Gasteiger charge is -2.13. The molecule has 0 amide bonds. The maximum atomic E-state index is 12.9. The Hall–Kier alpha value is -2.76. The van der Waals surface area contributed by atoms with E-state index in [-0.39, 0.29) is 49.4 Å². The first-order chi connectivity index (χ1) is 13.6. The van der Waals surface area contributed by atoms with Crippen LogP contribution in [0.2, 0.25) is 15.2 Å². The molecule has 0 radical (unpaired) electrons. The number of hydrogen-bond acceptors (Lipinski definition) is 5. The van der Waals surface area contributed by atoms with Gasteiger partial charge in [0.15, 0.2) is 11.4 Å². The molecule has 2 aromatic heterocycles. The number of nitrogens with one attached hydrogen (secondary N) is 1. The van der Waals surface area contributed by atoms with E-state index in [1.807, 2.05) is 0 Å². The summed E-state index contributed by atoms with van der Waals surface area (Å²) in [5, 5.41) is 30.8. The van der Waals surface area contributed by atoms with Gasteiger partial charge < -0.3 is 10.1 Å². The van der Waals surface area contributed by atoms with Crippen molar-refractivity contribution in [1.29, 1.82) is 10.5 Å². The third-order valence-electron chi connectivity index (χ3n) is 3.77. The van der Waals surface area contributed by atoms with Crippen molar-refractivity contribution in [2.24, 2.45) is 0 Å². The van der Waals surface area contributed by atoms with E-state index >= 15 is 0 Å². The standard InChI is InChI=1S/C16H6Cl3F3N6O/c17-7-1-6(16(20,21)22)2-8(18)13(7)28-14(19)12(11(5-29)27-28)15-25-9(3-23)10(4-24)26-15/h1-2,29H,5H2,(H,25,26). The van der Waals surface area contributed by atoms with Crippen molar-refractivity contribution in [1.82, 2.24) is 19.7 Å². The van der Waals surface area contributed by atoms with Crippen LogP contribution in [0.4, 0.5) is 13.2 Å². The van der Waals surface area contributed by atoms with E-state index in [0.29, 0.717) is 12.1 Å². The van der Waals surface area contributed by atoms with Gasteiger partial charge in [-0.1, -0.05) is 34.8 Å². The first kappa shape index (κ1) is 21.0. The van der Waals surface area contributed by atoms with Gasteiger partial charge in [-0.05, 0) is 12.1 Å². The molecule has 2 N–H and O–H groups in total. The van der Waals surface area contributed by atoms with Crippen LogP contribution >= 0.6 is 34.8 Å². The van der Waals surface area contributed by atoms with Crippen molar-refractivity contribution in [3.63, 3.8) is 0 Å². The quantitative estimate of drug-likeness (QED) is 0.597. The third kappa shape index (κ3) is 3.63. The molecular weight excluding hydrogens is 456 g/mol. The summed E-state index contributed by atoms with van der Waals surface area (Å²) < 4.78 is 39.8. The van der Waals surface area contributed by atoms with E-state index in [0.717, 1.165) is 4.68 Å². The maximum absolute atomic E-state index is 12.9. The average Bonchev–Trinajstić information content (AvgIpc) is 3.20. The van der Waals surface area contributed by atoms with Crippen molar-refractivity contribution < 1.29 is 18.3 Å². The van der Waals surface area contributed by atoms with Gasteiger partial charge in [-0.15, -0.1) is 0 Å². The van der Waals surface area contributed by atoms with Gasteiger partial charge in [0.05, 0.1) is 27.8 Å². The molecule has 0 bridgehead atoms. The number of hydrogen-bond donors (Lipinski definition) is 2. The lowest BCUT2D eigenvalue weighted by molar-refractivity contribution is -0.137. The van der Waals surface area contributed by atoms with Crippen LogP contribution < -0.4 is 0 Å². The van der Waals surface area contributed by atoms with Gasteiger partial charge in [0.1, 0.15) is 34.5 Å². The molecule has 0 unspecified atom stereocenters. The molecule has 29 heavy (non-hydrogen) atoms. The number of imidazole rings is 1. The normalized spacial score (nSPS) is 11.3. The van der Waals surface area contributed by atoms with Crippen molar-refractivity contribution in [3.05, 3.63) is 50.0 Å². The lowest BCUT2D eigenvalue weighted by atomic mass is 10.2. The minimum Gasteiger partial charge on any atom is -0.390 e. The molecule has 0 aliphatic rings. The number of halogens is 6. The fraction of sp³-hybridized carbons (Fsp3) is 0.125. The smallest absolute Gasteiger partial charge is 0.390 e. The van der Waals surface area contributed by atoms with Crippen molar-refractivity contribution in [2.45, 2.75) is 12.8 Å². The molecule has 0 atom stereocenters. The number of H-pyrrole nitrogens is 1. The second kappa shape index (κ2) is 7.58. The zero-order valence-electron chi connectivity index (χ0n) is 13.8. The minimum absolute atomic E-state index is 0.0270. The van der Waals surface area contributed by atoms with Crippen LogP contribution in [-0.2, 0) is 12.8 Å². The Labute approximate surface area is 175 Å². The first-order valence-corrected chi connectivity index (χ1v) is 8.61. The number of alkyl halides is 3. The minimum atomic E-state index is -4.67. The first-order valence-electron chi connectivity index (χ1n) is 7.47. The van der Waals surface area contributed by atoms with Gasteiger partial charge in [-0.3, -0.25) is 0 Å². The van der Waals surface area contributed by atoms with E-state index in [1.54, 1.807) is 12.1 Å². The fourth-order valence-electron chi connectivity index (χ4n) is 2.52. The molecule has 0 fully saturated rings. The van der Waals surface area contributed by atoms with Gasteiger partial charge >= 0.3 is 6.18 Å². The Kier molecular flexibility index (Phi) is 5.48. The predicted octanol–water partition coefficient (Wildman–Crippen LogP) is 4.48. The number of rotatable bonds is 3. The molecular formula is C16H6Cl3F3N6O. The van der Waals surface area contributed by atoms with E-state index < -0.39 is 18.3 Å². The highest BCUT2D eigenvalue weighted by atomic mass is 35.5.